The van der Waals surface area contributed by atoms with Gasteiger partial charge in [-0.25, -0.2) is 9.07 Å². The fourth-order valence-corrected chi connectivity index (χ4v) is 4.30. The summed E-state index contributed by atoms with van der Waals surface area (Å²) in [4.78, 5) is 29.9. The average molecular weight is 536 g/mol. The lowest BCUT2D eigenvalue weighted by atomic mass is 10.1. The molecular formula is C23H14ClF4N5O4. The van der Waals surface area contributed by atoms with E-state index < -0.39 is 56.9 Å². The highest BCUT2D eigenvalue weighted by molar-refractivity contribution is 6.33. The van der Waals surface area contributed by atoms with Crippen LogP contribution in [0.4, 0.5) is 23.2 Å². The molecule has 0 atom stereocenters. The van der Waals surface area contributed by atoms with E-state index in [-0.39, 0.29) is 22.0 Å². The van der Waals surface area contributed by atoms with Crippen LogP contribution in [0.5, 0.6) is 0 Å². The molecule has 14 heteroatoms. The standard InChI is InChI=1S/C23H14ClF4N5O4/c1-10(34)29-11-5-3-6-12(9-11)32-20(23(26,27)28)17-19-16(22(35)33(36-2)21(17)30-32)18(31-37-19)15-13(24)7-4-8-14(15)25/h3-9H,1-2H3,(H,29,34). The van der Waals surface area contributed by atoms with Gasteiger partial charge in [0.1, 0.15) is 24.0 Å². The zero-order chi connectivity index (χ0) is 26.6. The van der Waals surface area contributed by atoms with E-state index in [9.17, 15) is 27.2 Å². The number of anilines is 1. The van der Waals surface area contributed by atoms with Crippen LogP contribution in [-0.4, -0.2) is 32.7 Å². The van der Waals surface area contributed by atoms with Gasteiger partial charge in [-0.2, -0.15) is 13.2 Å². The number of hydrogen-bond acceptors (Lipinski definition) is 6. The minimum absolute atomic E-state index is 0.0880. The van der Waals surface area contributed by atoms with Gasteiger partial charge in [0.15, 0.2) is 11.3 Å². The molecule has 9 nitrogen and oxygen atoms in total. The number of rotatable bonds is 4. The zero-order valence-electron chi connectivity index (χ0n) is 18.9. The monoisotopic (exact) mass is 535 g/mol. The molecule has 0 radical (unpaired) electrons. The second-order valence-electron chi connectivity index (χ2n) is 7.80. The van der Waals surface area contributed by atoms with E-state index in [0.717, 1.165) is 13.2 Å². The third-order valence-corrected chi connectivity index (χ3v) is 5.75. The third kappa shape index (κ3) is 3.87. The van der Waals surface area contributed by atoms with Crippen LogP contribution in [0.15, 0.2) is 51.8 Å². The number of halogens is 5. The number of carbonyl (C=O) groups is 1. The van der Waals surface area contributed by atoms with Crippen molar-refractivity contribution >= 4 is 45.2 Å². The van der Waals surface area contributed by atoms with E-state index in [1.54, 1.807) is 0 Å². The Bertz CT molecular complexity index is 1750. The van der Waals surface area contributed by atoms with Gasteiger partial charge in [-0.3, -0.25) is 9.59 Å². The van der Waals surface area contributed by atoms with E-state index in [1.165, 1.54) is 43.3 Å². The summed E-state index contributed by atoms with van der Waals surface area (Å²) in [6, 6.07) is 9.18. The smallest absolute Gasteiger partial charge is 0.412 e. The first-order valence-electron chi connectivity index (χ1n) is 10.4. The van der Waals surface area contributed by atoms with Gasteiger partial charge in [-0.1, -0.05) is 28.9 Å². The maximum Gasteiger partial charge on any atom is 0.434 e. The maximum absolute atomic E-state index is 14.7. The number of amides is 1. The van der Waals surface area contributed by atoms with Crippen LogP contribution >= 0.6 is 11.6 Å². The number of nitrogens with zero attached hydrogens (tertiary/aromatic N) is 4. The molecule has 2 aromatic carbocycles. The van der Waals surface area contributed by atoms with Crippen molar-refractivity contribution in [2.24, 2.45) is 0 Å². The van der Waals surface area contributed by atoms with Crippen LogP contribution in [0, 0.1) is 5.82 Å². The lowest BCUT2D eigenvalue weighted by Crippen LogP contribution is -2.25. The van der Waals surface area contributed by atoms with Gasteiger partial charge in [-0.05, 0) is 30.3 Å². The fraction of sp³-hybridized carbons (Fsp3) is 0.130. The molecule has 0 spiro atoms. The Balaban J connectivity index is 1.93. The largest absolute Gasteiger partial charge is 0.434 e. The molecule has 0 aliphatic carbocycles. The van der Waals surface area contributed by atoms with Crippen molar-refractivity contribution in [3.63, 3.8) is 0 Å². The number of pyridine rings is 1. The van der Waals surface area contributed by atoms with Crippen LogP contribution in [0.2, 0.25) is 5.02 Å². The quantitative estimate of drug-likeness (QED) is 0.331. The van der Waals surface area contributed by atoms with Gasteiger partial charge >= 0.3 is 6.18 Å². The number of aromatic nitrogens is 4. The lowest BCUT2D eigenvalue weighted by Gasteiger charge is -2.12. The van der Waals surface area contributed by atoms with Crippen LogP contribution < -0.4 is 15.7 Å². The average Bonchev–Trinajstić information content (AvgIpc) is 3.42. The summed E-state index contributed by atoms with van der Waals surface area (Å²) in [5, 5.41) is 8.91. The SMILES string of the molecule is COn1c(=O)c2c(-c3c(F)cccc3Cl)noc2c2c(C(F)(F)F)n(-c3cccc(NC(C)=O)c3)nc21. The molecule has 0 unspecified atom stereocenters. The second kappa shape index (κ2) is 8.62. The molecule has 37 heavy (non-hydrogen) atoms. The number of alkyl halides is 3. The van der Waals surface area contributed by atoms with Crippen molar-refractivity contribution < 1.29 is 31.7 Å². The molecule has 5 aromatic rings. The highest BCUT2D eigenvalue weighted by atomic mass is 35.5. The summed E-state index contributed by atoms with van der Waals surface area (Å²) in [6.07, 6.45) is -5.02. The normalized spacial score (nSPS) is 11.9. The Morgan fingerprint density at radius 1 is 1.16 bits per heavy atom. The third-order valence-electron chi connectivity index (χ3n) is 5.44. The summed E-state index contributed by atoms with van der Waals surface area (Å²) in [5.41, 5.74) is -4.03. The van der Waals surface area contributed by atoms with Crippen LogP contribution in [0.25, 0.3) is 38.9 Å². The summed E-state index contributed by atoms with van der Waals surface area (Å²) in [6.45, 7) is 1.24. The predicted octanol–water partition coefficient (Wildman–Crippen LogP) is 4.82. The summed E-state index contributed by atoms with van der Waals surface area (Å²) >= 11 is 6.12. The molecule has 0 aliphatic heterocycles. The molecule has 5 rings (SSSR count). The molecule has 0 fully saturated rings. The fourth-order valence-electron chi connectivity index (χ4n) is 4.05. The lowest BCUT2D eigenvalue weighted by molar-refractivity contribution is -0.141. The molecular weight excluding hydrogens is 522 g/mol. The molecule has 0 saturated heterocycles. The minimum Gasteiger partial charge on any atom is -0.412 e. The number of benzene rings is 2. The molecule has 0 aliphatic rings. The minimum atomic E-state index is -5.02. The summed E-state index contributed by atoms with van der Waals surface area (Å²) in [7, 11) is 1.06. The summed E-state index contributed by atoms with van der Waals surface area (Å²) < 4.78 is 64.5. The molecule has 0 saturated carbocycles. The van der Waals surface area contributed by atoms with Gasteiger partial charge in [-0.15, -0.1) is 9.83 Å². The first kappa shape index (κ1) is 24.3. The highest BCUT2D eigenvalue weighted by Crippen LogP contribution is 2.41. The van der Waals surface area contributed by atoms with Gasteiger partial charge in [0.25, 0.3) is 5.56 Å². The van der Waals surface area contributed by atoms with Crippen molar-refractivity contribution in [2.45, 2.75) is 13.1 Å². The van der Waals surface area contributed by atoms with Crippen molar-refractivity contribution in [2.75, 3.05) is 12.4 Å². The van der Waals surface area contributed by atoms with Crippen molar-refractivity contribution in [3.05, 3.63) is 69.4 Å². The van der Waals surface area contributed by atoms with Crippen molar-refractivity contribution in [1.82, 2.24) is 19.7 Å². The predicted molar refractivity (Wildman–Crippen MR) is 125 cm³/mol. The topological polar surface area (TPSA) is 104 Å². The molecule has 0 bridgehead atoms. The molecule has 1 N–H and O–H groups in total. The molecule has 190 valence electrons. The first-order chi connectivity index (χ1) is 17.5. The van der Waals surface area contributed by atoms with Crippen molar-refractivity contribution in [1.29, 1.82) is 0 Å². The van der Waals surface area contributed by atoms with Crippen LogP contribution in [0.1, 0.15) is 12.6 Å². The van der Waals surface area contributed by atoms with Gasteiger partial charge < -0.3 is 14.7 Å². The van der Waals surface area contributed by atoms with Crippen LogP contribution in [-0.2, 0) is 11.0 Å². The Morgan fingerprint density at radius 2 is 1.89 bits per heavy atom. The Labute approximate surface area is 208 Å². The number of fused-ring (bicyclic) bond motifs is 3. The highest BCUT2D eigenvalue weighted by Gasteiger charge is 2.42. The zero-order valence-corrected chi connectivity index (χ0v) is 19.6. The van der Waals surface area contributed by atoms with Crippen LogP contribution in [0.3, 0.4) is 0 Å². The first-order valence-corrected chi connectivity index (χ1v) is 10.8. The van der Waals surface area contributed by atoms with Gasteiger partial charge in [0.05, 0.1) is 21.7 Å². The molecule has 1 amide bonds. The molecule has 3 aromatic heterocycles. The van der Waals surface area contributed by atoms with Crippen molar-refractivity contribution in [3.8, 4) is 16.9 Å². The van der Waals surface area contributed by atoms with E-state index in [4.69, 9.17) is 21.0 Å². The van der Waals surface area contributed by atoms with E-state index in [2.05, 4.69) is 15.6 Å². The number of nitrogens with one attached hydrogen (secondary N) is 1. The summed E-state index contributed by atoms with van der Waals surface area (Å²) in [5.74, 6) is -1.30. The Kier molecular flexibility index (Phi) is 5.67. The van der Waals surface area contributed by atoms with Gasteiger partial charge in [0.2, 0.25) is 11.6 Å². The van der Waals surface area contributed by atoms with E-state index >= 15 is 0 Å². The number of hydrogen-bond donors (Lipinski definition) is 1. The van der Waals surface area contributed by atoms with E-state index in [0.29, 0.717) is 9.41 Å². The van der Waals surface area contributed by atoms with E-state index in [1.807, 2.05) is 0 Å². The second-order valence-corrected chi connectivity index (χ2v) is 8.21. The Morgan fingerprint density at radius 3 is 2.54 bits per heavy atom. The number of carbonyl (C=O) groups excluding carboxylic acids is 1. The Hall–Kier alpha value is -4.39. The maximum atomic E-state index is 14.7. The molecule has 3 heterocycles. The van der Waals surface area contributed by atoms with Gasteiger partial charge in [0, 0.05) is 12.6 Å².